The van der Waals surface area contributed by atoms with Gasteiger partial charge in [-0.05, 0) is 30.9 Å². The van der Waals surface area contributed by atoms with Crippen LogP contribution in [0.3, 0.4) is 0 Å². The lowest BCUT2D eigenvalue weighted by Gasteiger charge is -2.23. The molecular formula is C15H22O3. The third-order valence-corrected chi connectivity index (χ3v) is 3.25. The summed E-state index contributed by atoms with van der Waals surface area (Å²) < 4.78 is 5.45. The van der Waals surface area contributed by atoms with Gasteiger partial charge in [0.05, 0.1) is 13.5 Å². The van der Waals surface area contributed by atoms with E-state index in [1.807, 2.05) is 33.8 Å². The predicted molar refractivity (Wildman–Crippen MR) is 72.3 cm³/mol. The molecule has 1 aromatic rings. The Morgan fingerprint density at radius 1 is 1.33 bits per heavy atom. The van der Waals surface area contributed by atoms with Crippen LogP contribution in [0.4, 0.5) is 0 Å². The SMILES string of the molecule is COc1c(C)cc(C)cc1C(CC(=O)O)C(C)C. The molecule has 0 heterocycles. The molecule has 1 N–H and O–H groups in total. The van der Waals surface area contributed by atoms with Crippen molar-refractivity contribution in [1.82, 2.24) is 0 Å². The number of benzene rings is 1. The molecule has 1 aromatic carbocycles. The Kier molecular flexibility index (Phi) is 4.76. The molecule has 0 spiro atoms. The standard InChI is InChI=1S/C15H22O3/c1-9(2)12(8-14(16)17)13-7-10(3)6-11(4)15(13)18-5/h6-7,9,12H,8H2,1-5H3,(H,16,17). The molecule has 0 aromatic heterocycles. The van der Waals surface area contributed by atoms with E-state index in [0.29, 0.717) is 0 Å². The molecule has 18 heavy (non-hydrogen) atoms. The Morgan fingerprint density at radius 3 is 2.39 bits per heavy atom. The maximum absolute atomic E-state index is 11.0. The number of carboxylic acids is 1. The molecule has 0 aliphatic carbocycles. The first kappa shape index (κ1) is 14.6. The number of ether oxygens (including phenoxy) is 1. The van der Waals surface area contributed by atoms with Crippen LogP contribution in [0.5, 0.6) is 5.75 Å². The lowest BCUT2D eigenvalue weighted by Crippen LogP contribution is -2.14. The Labute approximate surface area is 109 Å². The summed E-state index contributed by atoms with van der Waals surface area (Å²) in [4.78, 5) is 11.0. The average Bonchev–Trinajstić information content (AvgIpc) is 2.24. The van der Waals surface area contributed by atoms with Crippen LogP contribution in [0.2, 0.25) is 0 Å². The largest absolute Gasteiger partial charge is 0.496 e. The topological polar surface area (TPSA) is 46.5 Å². The van der Waals surface area contributed by atoms with Gasteiger partial charge in [0.1, 0.15) is 5.75 Å². The molecule has 3 heteroatoms. The zero-order valence-electron chi connectivity index (χ0n) is 11.8. The molecule has 0 amide bonds. The minimum atomic E-state index is -0.769. The van der Waals surface area contributed by atoms with Crippen molar-refractivity contribution >= 4 is 5.97 Å². The van der Waals surface area contributed by atoms with Crippen LogP contribution in [-0.2, 0) is 4.79 Å². The van der Waals surface area contributed by atoms with Crippen LogP contribution in [0.25, 0.3) is 0 Å². The van der Waals surface area contributed by atoms with Crippen molar-refractivity contribution in [3.05, 3.63) is 28.8 Å². The fourth-order valence-electron chi connectivity index (χ4n) is 2.43. The monoisotopic (exact) mass is 250 g/mol. The number of carbonyl (C=O) groups is 1. The van der Waals surface area contributed by atoms with E-state index in [-0.39, 0.29) is 18.3 Å². The van der Waals surface area contributed by atoms with Gasteiger partial charge in [0.2, 0.25) is 0 Å². The fraction of sp³-hybridized carbons (Fsp3) is 0.533. The molecule has 3 nitrogen and oxygen atoms in total. The molecule has 1 unspecified atom stereocenters. The summed E-state index contributed by atoms with van der Waals surface area (Å²) in [7, 11) is 1.64. The predicted octanol–water partition coefficient (Wildman–Crippen LogP) is 3.53. The lowest BCUT2D eigenvalue weighted by atomic mass is 9.83. The number of hydrogen-bond donors (Lipinski definition) is 1. The number of aryl methyl sites for hydroxylation is 2. The van der Waals surface area contributed by atoms with E-state index in [9.17, 15) is 4.79 Å². The van der Waals surface area contributed by atoms with Crippen LogP contribution < -0.4 is 4.74 Å². The zero-order valence-corrected chi connectivity index (χ0v) is 11.8. The van der Waals surface area contributed by atoms with Crippen LogP contribution in [0, 0.1) is 19.8 Å². The maximum Gasteiger partial charge on any atom is 0.303 e. The molecule has 100 valence electrons. The minimum absolute atomic E-state index is 0.0175. The third-order valence-electron chi connectivity index (χ3n) is 3.25. The molecular weight excluding hydrogens is 228 g/mol. The van der Waals surface area contributed by atoms with Gasteiger partial charge < -0.3 is 9.84 Å². The highest BCUT2D eigenvalue weighted by Crippen LogP contribution is 2.37. The van der Waals surface area contributed by atoms with E-state index in [1.165, 1.54) is 0 Å². The van der Waals surface area contributed by atoms with Gasteiger partial charge in [0, 0.05) is 5.92 Å². The molecule has 1 rings (SSSR count). The second kappa shape index (κ2) is 5.89. The summed E-state index contributed by atoms with van der Waals surface area (Å²) >= 11 is 0. The maximum atomic E-state index is 11.0. The highest BCUT2D eigenvalue weighted by atomic mass is 16.5. The van der Waals surface area contributed by atoms with E-state index in [0.717, 1.165) is 22.4 Å². The van der Waals surface area contributed by atoms with Crippen molar-refractivity contribution in [1.29, 1.82) is 0 Å². The van der Waals surface area contributed by atoms with Gasteiger partial charge in [-0.3, -0.25) is 4.79 Å². The summed E-state index contributed by atoms with van der Waals surface area (Å²) in [6, 6.07) is 4.10. The van der Waals surface area contributed by atoms with Crippen molar-refractivity contribution < 1.29 is 14.6 Å². The summed E-state index contributed by atoms with van der Waals surface area (Å²) in [5.74, 6) is 0.294. The second-order valence-electron chi connectivity index (χ2n) is 5.15. The van der Waals surface area contributed by atoms with E-state index < -0.39 is 5.97 Å². The van der Waals surface area contributed by atoms with Crippen LogP contribution in [-0.4, -0.2) is 18.2 Å². The lowest BCUT2D eigenvalue weighted by molar-refractivity contribution is -0.137. The number of rotatable bonds is 5. The van der Waals surface area contributed by atoms with Gasteiger partial charge in [-0.1, -0.05) is 31.5 Å². The Hall–Kier alpha value is -1.51. The Bertz CT molecular complexity index is 436. The van der Waals surface area contributed by atoms with E-state index >= 15 is 0 Å². The third kappa shape index (κ3) is 3.25. The van der Waals surface area contributed by atoms with E-state index in [1.54, 1.807) is 7.11 Å². The number of carboxylic acid groups (broad SMARTS) is 1. The molecule has 1 atom stereocenters. The van der Waals surface area contributed by atoms with Gasteiger partial charge in [-0.15, -0.1) is 0 Å². The summed E-state index contributed by atoms with van der Waals surface area (Å²) in [5, 5.41) is 9.06. The van der Waals surface area contributed by atoms with Crippen molar-refractivity contribution in [2.24, 2.45) is 5.92 Å². The number of methoxy groups -OCH3 is 1. The molecule has 0 saturated heterocycles. The highest BCUT2D eigenvalue weighted by molar-refractivity contribution is 5.68. The highest BCUT2D eigenvalue weighted by Gasteiger charge is 2.23. The molecule has 0 bridgehead atoms. The van der Waals surface area contributed by atoms with Gasteiger partial charge >= 0.3 is 5.97 Å². The first-order valence-corrected chi connectivity index (χ1v) is 6.23. The quantitative estimate of drug-likeness (QED) is 0.869. The first-order valence-electron chi connectivity index (χ1n) is 6.23. The molecule has 0 aliphatic heterocycles. The zero-order chi connectivity index (χ0) is 13.9. The summed E-state index contributed by atoms with van der Waals surface area (Å²) in [5.41, 5.74) is 3.20. The second-order valence-corrected chi connectivity index (χ2v) is 5.15. The molecule has 0 aliphatic rings. The number of hydrogen-bond acceptors (Lipinski definition) is 2. The first-order chi connectivity index (χ1) is 8.36. The van der Waals surface area contributed by atoms with Crippen LogP contribution in [0.15, 0.2) is 12.1 Å². The van der Waals surface area contributed by atoms with E-state index in [2.05, 4.69) is 6.07 Å². The van der Waals surface area contributed by atoms with E-state index in [4.69, 9.17) is 9.84 Å². The van der Waals surface area contributed by atoms with Crippen molar-refractivity contribution in [2.75, 3.05) is 7.11 Å². The normalized spacial score (nSPS) is 12.6. The van der Waals surface area contributed by atoms with Crippen LogP contribution in [0.1, 0.15) is 42.9 Å². The van der Waals surface area contributed by atoms with Crippen LogP contribution >= 0.6 is 0 Å². The number of aliphatic carboxylic acids is 1. The van der Waals surface area contributed by atoms with Gasteiger partial charge in [-0.25, -0.2) is 0 Å². The van der Waals surface area contributed by atoms with Gasteiger partial charge in [0.25, 0.3) is 0 Å². The minimum Gasteiger partial charge on any atom is -0.496 e. The Morgan fingerprint density at radius 2 is 1.94 bits per heavy atom. The van der Waals surface area contributed by atoms with Crippen molar-refractivity contribution in [3.63, 3.8) is 0 Å². The Balaban J connectivity index is 3.30. The van der Waals surface area contributed by atoms with Crippen molar-refractivity contribution in [2.45, 2.75) is 40.0 Å². The van der Waals surface area contributed by atoms with Crippen molar-refractivity contribution in [3.8, 4) is 5.75 Å². The smallest absolute Gasteiger partial charge is 0.303 e. The fourth-order valence-corrected chi connectivity index (χ4v) is 2.43. The molecule has 0 radical (unpaired) electrons. The van der Waals surface area contributed by atoms with Gasteiger partial charge in [0.15, 0.2) is 0 Å². The molecule has 0 saturated carbocycles. The average molecular weight is 250 g/mol. The van der Waals surface area contributed by atoms with Gasteiger partial charge in [-0.2, -0.15) is 0 Å². The molecule has 0 fully saturated rings. The summed E-state index contributed by atoms with van der Waals surface area (Å²) in [6.07, 6.45) is 0.136. The summed E-state index contributed by atoms with van der Waals surface area (Å²) in [6.45, 7) is 8.11.